The molecule has 0 fully saturated rings. The first-order valence-electron chi connectivity index (χ1n) is 5.97. The molecule has 0 aromatic heterocycles. The van der Waals surface area contributed by atoms with Gasteiger partial charge in [-0.15, -0.1) is 0 Å². The molecule has 6 heteroatoms. The van der Waals surface area contributed by atoms with Gasteiger partial charge in [0.25, 0.3) is 5.91 Å². The van der Waals surface area contributed by atoms with Crippen molar-refractivity contribution in [3.05, 3.63) is 35.4 Å². The first kappa shape index (κ1) is 15.7. The number of rotatable bonds is 6. The van der Waals surface area contributed by atoms with Gasteiger partial charge in [-0.3, -0.25) is 4.79 Å². The van der Waals surface area contributed by atoms with Crippen LogP contribution in [0.3, 0.4) is 0 Å². The third kappa shape index (κ3) is 6.35. The van der Waals surface area contributed by atoms with Crippen molar-refractivity contribution in [2.45, 2.75) is 5.75 Å². The fourth-order valence-electron chi connectivity index (χ4n) is 1.55. The topological polar surface area (TPSA) is 66.5 Å². The molecule has 0 radical (unpaired) electrons. The Morgan fingerprint density at radius 2 is 1.79 bits per heavy atom. The monoisotopic (exact) mass is 284 g/mol. The molecule has 1 amide bonds. The summed E-state index contributed by atoms with van der Waals surface area (Å²) in [6, 6.07) is 6.63. The lowest BCUT2D eigenvalue weighted by Gasteiger charge is -2.10. The first-order chi connectivity index (χ1) is 8.78. The normalized spacial score (nSPS) is 11.6. The second-order valence-electron chi connectivity index (χ2n) is 4.83. The Morgan fingerprint density at radius 3 is 2.26 bits per heavy atom. The molecule has 19 heavy (non-hydrogen) atoms. The fourth-order valence-corrected chi connectivity index (χ4v) is 2.35. The van der Waals surface area contributed by atoms with Crippen LogP contribution in [0.5, 0.6) is 0 Å². The van der Waals surface area contributed by atoms with E-state index in [-0.39, 0.29) is 11.7 Å². The molecule has 0 saturated heterocycles. The van der Waals surface area contributed by atoms with Gasteiger partial charge in [-0.2, -0.15) is 0 Å². The van der Waals surface area contributed by atoms with Crippen LogP contribution in [-0.2, 0) is 15.6 Å². The van der Waals surface area contributed by atoms with E-state index in [9.17, 15) is 13.2 Å². The number of amides is 1. The van der Waals surface area contributed by atoms with E-state index in [4.69, 9.17) is 0 Å². The Balaban J connectivity index is 2.58. The highest BCUT2D eigenvalue weighted by Gasteiger charge is 2.07. The van der Waals surface area contributed by atoms with E-state index in [0.717, 1.165) is 6.54 Å². The standard InChI is InChI=1S/C13H20N2O3S/c1-15(2)9-8-14-13(16)12-6-4-11(5-7-12)10-19(3,17)18/h4-7H,8-10H2,1-3H3,(H,14,16). The highest BCUT2D eigenvalue weighted by atomic mass is 32.2. The van der Waals surface area contributed by atoms with Crippen molar-refractivity contribution in [3.8, 4) is 0 Å². The van der Waals surface area contributed by atoms with Crippen LogP contribution < -0.4 is 5.32 Å². The summed E-state index contributed by atoms with van der Waals surface area (Å²) >= 11 is 0. The molecular formula is C13H20N2O3S. The number of nitrogens with one attached hydrogen (secondary N) is 1. The molecule has 0 saturated carbocycles. The second-order valence-corrected chi connectivity index (χ2v) is 6.97. The predicted octanol–water partition coefficient (Wildman–Crippen LogP) is 0.523. The Labute approximate surface area is 114 Å². The molecule has 0 atom stereocenters. The zero-order valence-corrected chi connectivity index (χ0v) is 12.3. The van der Waals surface area contributed by atoms with E-state index < -0.39 is 9.84 Å². The Hall–Kier alpha value is -1.40. The lowest BCUT2D eigenvalue weighted by atomic mass is 10.1. The van der Waals surface area contributed by atoms with Gasteiger partial charge in [-0.05, 0) is 31.8 Å². The third-order valence-corrected chi connectivity index (χ3v) is 3.35. The SMILES string of the molecule is CN(C)CCNC(=O)c1ccc(CS(C)(=O)=O)cc1. The Kier molecular flexibility index (Phi) is 5.50. The zero-order chi connectivity index (χ0) is 14.5. The summed E-state index contributed by atoms with van der Waals surface area (Å²) < 4.78 is 22.3. The maximum atomic E-state index is 11.8. The highest BCUT2D eigenvalue weighted by molar-refractivity contribution is 7.89. The molecule has 0 bridgehead atoms. The number of benzene rings is 1. The Bertz CT molecular complexity index is 521. The number of hydrogen-bond acceptors (Lipinski definition) is 4. The third-order valence-electron chi connectivity index (χ3n) is 2.49. The van der Waals surface area contributed by atoms with Crippen molar-refractivity contribution in [2.24, 2.45) is 0 Å². The smallest absolute Gasteiger partial charge is 0.251 e. The van der Waals surface area contributed by atoms with E-state index in [1.54, 1.807) is 24.3 Å². The molecule has 0 aliphatic heterocycles. The predicted molar refractivity (Wildman–Crippen MR) is 75.9 cm³/mol. The lowest BCUT2D eigenvalue weighted by Crippen LogP contribution is -2.31. The quantitative estimate of drug-likeness (QED) is 0.827. The average molecular weight is 284 g/mol. The van der Waals surface area contributed by atoms with Crippen LogP contribution in [0, 0.1) is 0 Å². The van der Waals surface area contributed by atoms with Crippen LogP contribution in [0.1, 0.15) is 15.9 Å². The summed E-state index contributed by atoms with van der Waals surface area (Å²) in [5.74, 6) is -0.150. The fraction of sp³-hybridized carbons (Fsp3) is 0.462. The van der Waals surface area contributed by atoms with Gasteiger partial charge in [-0.25, -0.2) is 8.42 Å². The van der Waals surface area contributed by atoms with E-state index in [1.165, 1.54) is 6.26 Å². The molecule has 5 nitrogen and oxygen atoms in total. The van der Waals surface area contributed by atoms with Crippen LogP contribution in [-0.4, -0.2) is 52.7 Å². The van der Waals surface area contributed by atoms with Crippen LogP contribution in [0.4, 0.5) is 0 Å². The van der Waals surface area contributed by atoms with Gasteiger partial charge in [-0.1, -0.05) is 12.1 Å². The lowest BCUT2D eigenvalue weighted by molar-refractivity contribution is 0.0951. The summed E-state index contributed by atoms with van der Waals surface area (Å²) in [5, 5.41) is 2.80. The molecule has 1 aromatic carbocycles. The van der Waals surface area contributed by atoms with E-state index >= 15 is 0 Å². The molecule has 0 aliphatic rings. The molecule has 1 rings (SSSR count). The number of carbonyl (C=O) groups is 1. The summed E-state index contributed by atoms with van der Waals surface area (Å²) in [4.78, 5) is 13.8. The first-order valence-corrected chi connectivity index (χ1v) is 8.03. The summed E-state index contributed by atoms with van der Waals surface area (Å²) in [6.07, 6.45) is 1.19. The van der Waals surface area contributed by atoms with Crippen LogP contribution >= 0.6 is 0 Å². The van der Waals surface area contributed by atoms with Crippen LogP contribution in [0.2, 0.25) is 0 Å². The number of nitrogens with zero attached hydrogens (tertiary/aromatic N) is 1. The van der Waals surface area contributed by atoms with Crippen molar-refractivity contribution in [2.75, 3.05) is 33.4 Å². The van der Waals surface area contributed by atoms with E-state index in [1.807, 2.05) is 19.0 Å². The minimum Gasteiger partial charge on any atom is -0.351 e. The molecule has 0 heterocycles. The van der Waals surface area contributed by atoms with Gasteiger partial charge in [0.1, 0.15) is 0 Å². The van der Waals surface area contributed by atoms with Crippen molar-refractivity contribution < 1.29 is 13.2 Å². The largest absolute Gasteiger partial charge is 0.351 e. The minimum absolute atomic E-state index is 0.00444. The molecule has 0 unspecified atom stereocenters. The van der Waals surface area contributed by atoms with Crippen molar-refractivity contribution in [1.82, 2.24) is 10.2 Å². The summed E-state index contributed by atoms with van der Waals surface area (Å²) in [5.41, 5.74) is 1.23. The van der Waals surface area contributed by atoms with Crippen molar-refractivity contribution >= 4 is 15.7 Å². The second kappa shape index (κ2) is 6.68. The maximum absolute atomic E-state index is 11.8. The van der Waals surface area contributed by atoms with Gasteiger partial charge >= 0.3 is 0 Å². The molecule has 1 N–H and O–H groups in total. The van der Waals surface area contributed by atoms with Gasteiger partial charge in [0.2, 0.25) is 0 Å². The maximum Gasteiger partial charge on any atom is 0.251 e. The number of likely N-dealkylation sites (N-methyl/N-ethyl adjacent to an activating group) is 1. The van der Waals surface area contributed by atoms with E-state index in [0.29, 0.717) is 17.7 Å². The molecular weight excluding hydrogens is 264 g/mol. The van der Waals surface area contributed by atoms with Gasteiger partial charge in [0.05, 0.1) is 5.75 Å². The highest BCUT2D eigenvalue weighted by Crippen LogP contribution is 2.07. The summed E-state index contributed by atoms with van der Waals surface area (Å²) in [6.45, 7) is 1.36. The van der Waals surface area contributed by atoms with Crippen molar-refractivity contribution in [3.63, 3.8) is 0 Å². The van der Waals surface area contributed by atoms with Crippen LogP contribution in [0.15, 0.2) is 24.3 Å². The minimum atomic E-state index is -3.04. The number of hydrogen-bond donors (Lipinski definition) is 1. The van der Waals surface area contributed by atoms with Gasteiger partial charge < -0.3 is 10.2 Å². The van der Waals surface area contributed by atoms with Crippen LogP contribution in [0.25, 0.3) is 0 Å². The number of sulfone groups is 1. The van der Waals surface area contributed by atoms with Gasteiger partial charge in [0.15, 0.2) is 9.84 Å². The molecule has 1 aromatic rings. The summed E-state index contributed by atoms with van der Waals surface area (Å²) in [7, 11) is 0.833. The zero-order valence-electron chi connectivity index (χ0n) is 11.5. The van der Waals surface area contributed by atoms with Crippen molar-refractivity contribution in [1.29, 1.82) is 0 Å². The molecule has 0 aliphatic carbocycles. The van der Waals surface area contributed by atoms with Gasteiger partial charge in [0, 0.05) is 24.9 Å². The number of carbonyl (C=O) groups excluding carboxylic acids is 1. The molecule has 106 valence electrons. The Morgan fingerprint density at radius 1 is 1.21 bits per heavy atom. The average Bonchev–Trinajstić information content (AvgIpc) is 2.27. The molecule has 0 spiro atoms. The van der Waals surface area contributed by atoms with E-state index in [2.05, 4.69) is 5.32 Å².